The third-order valence-electron chi connectivity index (χ3n) is 4.72. The van der Waals surface area contributed by atoms with Crippen LogP contribution < -0.4 is 0 Å². The van der Waals surface area contributed by atoms with E-state index in [1.165, 1.54) is 40.2 Å². The van der Waals surface area contributed by atoms with Gasteiger partial charge in [-0.15, -0.1) is 15.3 Å². The summed E-state index contributed by atoms with van der Waals surface area (Å²) < 4.78 is 21.7. The zero-order chi connectivity index (χ0) is 22.1. The fraction of sp³-hybridized carbons (Fsp3) is 0.143. The Kier molecular flexibility index (Phi) is 5.23. The van der Waals surface area contributed by atoms with Gasteiger partial charge in [0.05, 0.1) is 19.2 Å². The minimum absolute atomic E-state index is 0.111. The predicted molar refractivity (Wildman–Crippen MR) is 115 cm³/mol. The van der Waals surface area contributed by atoms with Crippen LogP contribution in [0.4, 0.5) is 4.39 Å². The number of thioether (sulfide) groups is 1. The van der Waals surface area contributed by atoms with Crippen molar-refractivity contribution in [3.63, 3.8) is 0 Å². The lowest BCUT2D eigenvalue weighted by molar-refractivity contribution is -0.139. The van der Waals surface area contributed by atoms with E-state index in [1.807, 2.05) is 30.3 Å². The topological polar surface area (TPSA) is 100 Å². The predicted octanol–water partition coefficient (Wildman–Crippen LogP) is 3.01. The van der Waals surface area contributed by atoms with Crippen LogP contribution in [0.25, 0.3) is 22.6 Å². The first-order chi connectivity index (χ1) is 15.6. The molecule has 32 heavy (non-hydrogen) atoms. The maximum Gasteiger partial charge on any atom is 0.311 e. The van der Waals surface area contributed by atoms with Gasteiger partial charge in [-0.2, -0.15) is 14.6 Å². The molecule has 160 valence electrons. The number of esters is 1. The largest absolute Gasteiger partial charge is 0.469 e. The lowest BCUT2D eigenvalue weighted by atomic mass is 10.2. The number of ether oxygens (including phenoxy) is 1. The van der Waals surface area contributed by atoms with Crippen LogP contribution in [0.15, 0.2) is 59.8 Å². The quantitative estimate of drug-likeness (QED) is 0.288. The summed E-state index contributed by atoms with van der Waals surface area (Å²) in [5.74, 6) is 0.0626. The summed E-state index contributed by atoms with van der Waals surface area (Å²) in [6.07, 6.45) is -0.111. The molecule has 0 fully saturated rings. The molecule has 0 radical (unpaired) electrons. The first kappa shape index (κ1) is 20.1. The molecule has 0 aliphatic rings. The zero-order valence-electron chi connectivity index (χ0n) is 16.8. The van der Waals surface area contributed by atoms with Gasteiger partial charge >= 0.3 is 5.97 Å². The highest BCUT2D eigenvalue weighted by molar-refractivity contribution is 7.98. The van der Waals surface area contributed by atoms with Crippen LogP contribution >= 0.6 is 11.8 Å². The monoisotopic (exact) mass is 449 g/mol. The Morgan fingerprint density at radius 1 is 1.09 bits per heavy atom. The number of halogens is 1. The molecular weight excluding hydrogens is 433 g/mol. The van der Waals surface area contributed by atoms with E-state index >= 15 is 0 Å². The molecule has 0 N–H and O–H groups in total. The highest BCUT2D eigenvalue weighted by Gasteiger charge is 2.22. The summed E-state index contributed by atoms with van der Waals surface area (Å²) in [7, 11) is 1.30. The molecule has 0 spiro atoms. The van der Waals surface area contributed by atoms with Gasteiger partial charge in [0.15, 0.2) is 11.2 Å². The van der Waals surface area contributed by atoms with Gasteiger partial charge in [-0.3, -0.25) is 4.79 Å². The van der Waals surface area contributed by atoms with Crippen molar-refractivity contribution in [3.05, 3.63) is 71.7 Å². The smallest absolute Gasteiger partial charge is 0.311 e. The van der Waals surface area contributed by atoms with Gasteiger partial charge in [-0.05, 0) is 23.8 Å². The number of carbonyl (C=O) groups excluding carboxylic acids is 1. The number of hydrogen-bond donors (Lipinski definition) is 0. The van der Waals surface area contributed by atoms with Crippen LogP contribution in [0.5, 0.6) is 0 Å². The molecule has 5 aromatic rings. The van der Waals surface area contributed by atoms with Crippen molar-refractivity contribution in [1.82, 2.24) is 34.6 Å². The molecule has 0 atom stereocenters. The Morgan fingerprint density at radius 2 is 1.94 bits per heavy atom. The second-order valence-electron chi connectivity index (χ2n) is 6.84. The van der Waals surface area contributed by atoms with E-state index in [0.29, 0.717) is 33.5 Å². The third kappa shape index (κ3) is 3.78. The third-order valence-corrected chi connectivity index (χ3v) is 5.63. The molecule has 11 heteroatoms. The standard InChI is InChI=1S/C21H16FN7O2S/c1-31-17(30)11-16-18-19(28(26-16)15-9-5-8-14(22)10-15)29-20(25-24-18)23-21(27-29)32-12-13-6-3-2-4-7-13/h2-10H,11-12H2,1H3. The van der Waals surface area contributed by atoms with Crippen LogP contribution in [0.3, 0.4) is 0 Å². The van der Waals surface area contributed by atoms with Gasteiger partial charge in [0.1, 0.15) is 11.5 Å². The summed E-state index contributed by atoms with van der Waals surface area (Å²) in [5.41, 5.74) is 2.72. The maximum atomic E-state index is 13.9. The van der Waals surface area contributed by atoms with Gasteiger partial charge < -0.3 is 4.74 Å². The molecule has 2 aromatic carbocycles. The summed E-state index contributed by atoms with van der Waals surface area (Å²) in [6, 6.07) is 15.9. The average Bonchev–Trinajstić information content (AvgIpc) is 3.39. The van der Waals surface area contributed by atoms with Crippen LogP contribution in [-0.4, -0.2) is 47.7 Å². The summed E-state index contributed by atoms with van der Waals surface area (Å²) >= 11 is 1.46. The second-order valence-corrected chi connectivity index (χ2v) is 7.79. The van der Waals surface area contributed by atoms with E-state index in [0.717, 1.165) is 5.56 Å². The van der Waals surface area contributed by atoms with Crippen molar-refractivity contribution in [2.24, 2.45) is 0 Å². The summed E-state index contributed by atoms with van der Waals surface area (Å²) in [6.45, 7) is 0. The van der Waals surface area contributed by atoms with Crippen LogP contribution in [-0.2, 0) is 21.7 Å². The number of carbonyl (C=O) groups is 1. The number of fused-ring (bicyclic) bond motifs is 3. The van der Waals surface area contributed by atoms with Crippen molar-refractivity contribution < 1.29 is 13.9 Å². The molecule has 0 aliphatic carbocycles. The van der Waals surface area contributed by atoms with Crippen molar-refractivity contribution in [3.8, 4) is 5.69 Å². The van der Waals surface area contributed by atoms with Crippen molar-refractivity contribution in [2.45, 2.75) is 17.3 Å². The molecule has 0 saturated heterocycles. The van der Waals surface area contributed by atoms with E-state index < -0.39 is 11.8 Å². The first-order valence-corrected chi connectivity index (χ1v) is 10.6. The van der Waals surface area contributed by atoms with E-state index in [-0.39, 0.29) is 12.2 Å². The molecule has 9 nitrogen and oxygen atoms in total. The minimum atomic E-state index is -0.476. The lowest BCUT2D eigenvalue weighted by Gasteiger charge is -2.03. The minimum Gasteiger partial charge on any atom is -0.469 e. The number of methoxy groups -OCH3 is 1. The molecule has 0 unspecified atom stereocenters. The summed E-state index contributed by atoms with van der Waals surface area (Å²) in [4.78, 5) is 16.3. The Labute approximate surface area is 185 Å². The molecular formula is C21H16FN7O2S. The fourth-order valence-corrected chi connectivity index (χ4v) is 4.00. The average molecular weight is 449 g/mol. The van der Waals surface area contributed by atoms with Gasteiger partial charge in [-0.1, -0.05) is 48.2 Å². The van der Waals surface area contributed by atoms with E-state index in [9.17, 15) is 9.18 Å². The highest BCUT2D eigenvalue weighted by atomic mass is 32.2. The van der Waals surface area contributed by atoms with Gasteiger partial charge in [0.2, 0.25) is 5.16 Å². The molecule has 3 heterocycles. The highest BCUT2D eigenvalue weighted by Crippen LogP contribution is 2.24. The normalized spacial score (nSPS) is 11.3. The molecule has 3 aromatic heterocycles. The molecule has 5 rings (SSSR count). The Balaban J connectivity index is 1.63. The van der Waals surface area contributed by atoms with Crippen LogP contribution in [0, 0.1) is 5.82 Å². The Hall–Kier alpha value is -3.86. The van der Waals surface area contributed by atoms with E-state index in [1.54, 1.807) is 12.1 Å². The van der Waals surface area contributed by atoms with Crippen molar-refractivity contribution >= 4 is 34.7 Å². The SMILES string of the molecule is COC(=O)Cc1nn(-c2cccc(F)c2)c2c1nnc1nc(SCc3ccccc3)nn12. The van der Waals surface area contributed by atoms with Gasteiger partial charge in [0.25, 0.3) is 5.78 Å². The molecule has 0 amide bonds. The zero-order valence-corrected chi connectivity index (χ0v) is 17.7. The van der Waals surface area contributed by atoms with E-state index in [2.05, 4.69) is 25.4 Å². The molecule has 0 saturated carbocycles. The fourth-order valence-electron chi connectivity index (χ4n) is 3.22. The lowest BCUT2D eigenvalue weighted by Crippen LogP contribution is -2.06. The number of hydrogen-bond acceptors (Lipinski definition) is 8. The van der Waals surface area contributed by atoms with Crippen molar-refractivity contribution in [1.29, 1.82) is 0 Å². The maximum absolute atomic E-state index is 13.9. The van der Waals surface area contributed by atoms with Gasteiger partial charge in [-0.25, -0.2) is 9.07 Å². The molecule has 0 aliphatic heterocycles. The number of benzene rings is 2. The van der Waals surface area contributed by atoms with E-state index in [4.69, 9.17) is 4.74 Å². The van der Waals surface area contributed by atoms with Gasteiger partial charge in [0, 0.05) is 5.75 Å². The van der Waals surface area contributed by atoms with Crippen LogP contribution in [0.2, 0.25) is 0 Å². The number of nitrogens with zero attached hydrogens (tertiary/aromatic N) is 7. The van der Waals surface area contributed by atoms with Crippen molar-refractivity contribution in [2.75, 3.05) is 7.11 Å². The first-order valence-electron chi connectivity index (χ1n) is 9.63. The Bertz CT molecular complexity index is 1430. The summed E-state index contributed by atoms with van der Waals surface area (Å²) in [5, 5.41) is 18.0. The number of aromatic nitrogens is 7. The number of rotatable bonds is 6. The second kappa shape index (κ2) is 8.35. The van der Waals surface area contributed by atoms with Crippen LogP contribution in [0.1, 0.15) is 11.3 Å². The molecule has 0 bridgehead atoms. The Morgan fingerprint density at radius 3 is 2.72 bits per heavy atom.